The van der Waals surface area contributed by atoms with E-state index in [1.807, 2.05) is 23.6 Å². The smallest absolute Gasteiger partial charge is 0.289 e. The van der Waals surface area contributed by atoms with Crippen LogP contribution >= 0.6 is 34.3 Å². The highest BCUT2D eigenvalue weighted by Crippen LogP contribution is 2.22. The van der Waals surface area contributed by atoms with Gasteiger partial charge in [-0.15, -0.1) is 17.8 Å². The van der Waals surface area contributed by atoms with Crippen LogP contribution < -0.4 is 4.80 Å². The lowest BCUT2D eigenvalue weighted by Crippen LogP contribution is -2.16. The van der Waals surface area contributed by atoms with Gasteiger partial charge in [0.05, 0.1) is 26.0 Å². The molecule has 2 aromatic heterocycles. The van der Waals surface area contributed by atoms with Crippen molar-refractivity contribution in [1.29, 1.82) is 0 Å². The topological polar surface area (TPSA) is 34.4 Å². The Labute approximate surface area is 140 Å². The first-order valence-corrected chi connectivity index (χ1v) is 8.47. The van der Waals surface area contributed by atoms with Gasteiger partial charge in [0, 0.05) is 0 Å². The van der Waals surface area contributed by atoms with Crippen LogP contribution in [0.1, 0.15) is 15.2 Å². The first-order valence-electron chi connectivity index (χ1n) is 6.46. The Morgan fingerprint density at radius 3 is 2.86 bits per heavy atom. The van der Waals surface area contributed by atoms with Crippen molar-refractivity contribution in [2.75, 3.05) is 0 Å². The molecule has 22 heavy (non-hydrogen) atoms. The molecular formula is C16H11ClN2OS2. The quantitative estimate of drug-likeness (QED) is 0.643. The van der Waals surface area contributed by atoms with E-state index in [9.17, 15) is 4.79 Å². The third-order valence-electron chi connectivity index (χ3n) is 3.07. The summed E-state index contributed by atoms with van der Waals surface area (Å²) < 4.78 is 3.51. The van der Waals surface area contributed by atoms with Crippen LogP contribution in [0.15, 0.2) is 35.3 Å². The maximum atomic E-state index is 12.3. The minimum atomic E-state index is -0.300. The first kappa shape index (κ1) is 15.0. The monoisotopic (exact) mass is 346 g/mol. The van der Waals surface area contributed by atoms with E-state index in [-0.39, 0.29) is 5.91 Å². The molecule has 6 heteroatoms. The minimum Gasteiger partial charge on any atom is -0.305 e. The van der Waals surface area contributed by atoms with Gasteiger partial charge in [0.1, 0.15) is 0 Å². The molecule has 3 rings (SSSR count). The summed E-state index contributed by atoms with van der Waals surface area (Å²) in [5.41, 5.74) is 2.15. The number of carbonyl (C=O) groups is 1. The fourth-order valence-corrected chi connectivity index (χ4v) is 4.13. The Morgan fingerprint density at radius 2 is 2.18 bits per heavy atom. The zero-order chi connectivity index (χ0) is 15.7. The molecule has 1 amide bonds. The molecule has 2 heterocycles. The van der Waals surface area contributed by atoms with E-state index in [0.29, 0.717) is 20.6 Å². The molecular weight excluding hydrogens is 336 g/mol. The fourth-order valence-electron chi connectivity index (χ4n) is 2.08. The Balaban J connectivity index is 2.17. The summed E-state index contributed by atoms with van der Waals surface area (Å²) in [6, 6.07) is 9.47. The van der Waals surface area contributed by atoms with Crippen LogP contribution in [0.2, 0.25) is 4.34 Å². The summed E-state index contributed by atoms with van der Waals surface area (Å²) in [4.78, 5) is 17.6. The number of thiophene rings is 1. The highest BCUT2D eigenvalue weighted by Gasteiger charge is 2.10. The van der Waals surface area contributed by atoms with Gasteiger partial charge in [-0.2, -0.15) is 4.99 Å². The summed E-state index contributed by atoms with van der Waals surface area (Å²) in [5, 5.41) is 0. The van der Waals surface area contributed by atoms with Gasteiger partial charge in [-0.1, -0.05) is 34.9 Å². The summed E-state index contributed by atoms with van der Waals surface area (Å²) in [6.07, 6.45) is 5.45. The number of aryl methyl sites for hydroxylation is 1. The van der Waals surface area contributed by atoms with Crippen LogP contribution in [-0.2, 0) is 6.54 Å². The zero-order valence-electron chi connectivity index (χ0n) is 11.7. The molecule has 0 saturated heterocycles. The van der Waals surface area contributed by atoms with Crippen molar-refractivity contribution in [2.45, 2.75) is 13.5 Å². The number of nitrogens with zero attached hydrogens (tertiary/aromatic N) is 2. The van der Waals surface area contributed by atoms with E-state index in [1.54, 1.807) is 12.1 Å². The molecule has 0 aliphatic carbocycles. The van der Waals surface area contributed by atoms with Crippen molar-refractivity contribution in [2.24, 2.45) is 4.99 Å². The third kappa shape index (κ3) is 2.86. The average molecular weight is 347 g/mol. The van der Waals surface area contributed by atoms with Crippen molar-refractivity contribution in [3.05, 3.63) is 49.9 Å². The molecule has 3 nitrogen and oxygen atoms in total. The lowest BCUT2D eigenvalue weighted by atomic mass is 10.2. The fraction of sp³-hybridized carbons (Fsp3) is 0.125. The number of amides is 1. The highest BCUT2D eigenvalue weighted by atomic mass is 35.5. The van der Waals surface area contributed by atoms with Gasteiger partial charge in [-0.25, -0.2) is 0 Å². The second-order valence-electron chi connectivity index (χ2n) is 4.67. The summed E-state index contributed by atoms with van der Waals surface area (Å²) in [7, 11) is 0. The van der Waals surface area contributed by atoms with E-state index in [0.717, 1.165) is 15.8 Å². The number of rotatable bonds is 2. The van der Waals surface area contributed by atoms with Crippen molar-refractivity contribution >= 4 is 50.4 Å². The predicted molar refractivity (Wildman–Crippen MR) is 92.6 cm³/mol. The van der Waals surface area contributed by atoms with Gasteiger partial charge in [0.25, 0.3) is 5.91 Å². The number of halogens is 1. The predicted octanol–water partition coefficient (Wildman–Crippen LogP) is 4.10. The molecule has 1 aromatic carbocycles. The van der Waals surface area contributed by atoms with Crippen LogP contribution in [-0.4, -0.2) is 10.5 Å². The largest absolute Gasteiger partial charge is 0.305 e. The molecule has 0 saturated carbocycles. The van der Waals surface area contributed by atoms with E-state index < -0.39 is 0 Å². The third-order valence-corrected chi connectivity index (χ3v) is 5.33. The van der Waals surface area contributed by atoms with Gasteiger partial charge >= 0.3 is 0 Å². The molecule has 0 fully saturated rings. The highest BCUT2D eigenvalue weighted by molar-refractivity contribution is 7.18. The van der Waals surface area contributed by atoms with Crippen LogP contribution in [0.4, 0.5) is 0 Å². The molecule has 0 atom stereocenters. The van der Waals surface area contributed by atoms with Gasteiger partial charge in [0.2, 0.25) is 0 Å². The van der Waals surface area contributed by atoms with Crippen molar-refractivity contribution < 1.29 is 4.79 Å². The molecule has 0 unspecified atom stereocenters. The Hall–Kier alpha value is -1.87. The second kappa shape index (κ2) is 6.09. The van der Waals surface area contributed by atoms with E-state index in [1.165, 1.54) is 22.7 Å². The maximum Gasteiger partial charge on any atom is 0.289 e. The lowest BCUT2D eigenvalue weighted by Gasteiger charge is -1.99. The van der Waals surface area contributed by atoms with Gasteiger partial charge in [-0.05, 0) is 36.8 Å². The summed E-state index contributed by atoms with van der Waals surface area (Å²) >= 11 is 8.55. The van der Waals surface area contributed by atoms with E-state index in [4.69, 9.17) is 18.0 Å². The Kier molecular flexibility index (Phi) is 4.16. The number of fused-ring (bicyclic) bond motifs is 1. The number of carbonyl (C=O) groups excluding carboxylic acids is 1. The van der Waals surface area contributed by atoms with Crippen LogP contribution in [0.3, 0.4) is 0 Å². The summed E-state index contributed by atoms with van der Waals surface area (Å²) in [6.45, 7) is 2.40. The Bertz CT molecular complexity index is 972. The second-order valence-corrected chi connectivity index (χ2v) is 7.39. The molecule has 110 valence electrons. The molecule has 0 aliphatic heterocycles. The van der Waals surface area contributed by atoms with Gasteiger partial charge in [0.15, 0.2) is 4.80 Å². The number of hydrogen-bond acceptors (Lipinski definition) is 3. The SMILES string of the molecule is C#CCn1c(=NC(=O)c2ccc(Cl)s2)sc2cc(C)ccc21. The number of benzene rings is 1. The van der Waals surface area contributed by atoms with Gasteiger partial charge in [-0.3, -0.25) is 4.79 Å². The lowest BCUT2D eigenvalue weighted by molar-refractivity contribution is 0.100. The summed E-state index contributed by atoms with van der Waals surface area (Å²) in [5.74, 6) is 2.31. The van der Waals surface area contributed by atoms with Crippen molar-refractivity contribution in [1.82, 2.24) is 4.57 Å². The maximum absolute atomic E-state index is 12.3. The normalized spacial score (nSPS) is 11.8. The minimum absolute atomic E-state index is 0.300. The molecule has 3 aromatic rings. The Morgan fingerprint density at radius 1 is 1.36 bits per heavy atom. The average Bonchev–Trinajstić information content (AvgIpc) is 3.04. The van der Waals surface area contributed by atoms with Crippen molar-refractivity contribution in [3.8, 4) is 12.3 Å². The number of terminal acetylenes is 1. The molecule has 0 spiro atoms. The zero-order valence-corrected chi connectivity index (χ0v) is 14.1. The van der Waals surface area contributed by atoms with Gasteiger partial charge < -0.3 is 4.57 Å². The molecule has 0 aliphatic rings. The number of aromatic nitrogens is 1. The molecule has 0 bridgehead atoms. The van der Waals surface area contributed by atoms with Crippen LogP contribution in [0, 0.1) is 19.3 Å². The van der Waals surface area contributed by atoms with Crippen LogP contribution in [0.5, 0.6) is 0 Å². The number of thiazole rings is 1. The van der Waals surface area contributed by atoms with Crippen LogP contribution in [0.25, 0.3) is 10.2 Å². The van der Waals surface area contributed by atoms with Crippen molar-refractivity contribution in [3.63, 3.8) is 0 Å². The van der Waals surface area contributed by atoms with E-state index in [2.05, 4.69) is 17.0 Å². The molecule has 0 N–H and O–H groups in total. The standard InChI is InChI=1S/C16H11ClN2OS2/c1-3-8-19-11-5-4-10(2)9-13(11)22-16(19)18-15(20)12-6-7-14(17)21-12/h1,4-7,9H,8H2,2H3. The first-order chi connectivity index (χ1) is 10.6. The molecule has 0 radical (unpaired) electrons. The number of hydrogen-bond donors (Lipinski definition) is 0. The van der Waals surface area contributed by atoms with E-state index >= 15 is 0 Å².